The first kappa shape index (κ1) is 25.5. The van der Waals surface area contributed by atoms with Crippen molar-refractivity contribution >= 4 is 11.5 Å². The summed E-state index contributed by atoms with van der Waals surface area (Å²) in [5, 5.41) is 0. The minimum Gasteiger partial charge on any atom is -0.496 e. The minimum atomic E-state index is -0.214. The van der Waals surface area contributed by atoms with Crippen LogP contribution in [0.3, 0.4) is 0 Å². The van der Waals surface area contributed by atoms with Gasteiger partial charge in [-0.1, -0.05) is 31.5 Å². The van der Waals surface area contributed by atoms with Crippen LogP contribution in [-0.2, 0) is 0 Å². The van der Waals surface area contributed by atoms with Crippen LogP contribution < -0.4 is 15.2 Å². The molecule has 7 nitrogen and oxygen atoms in total. The molecule has 0 atom stereocenters. The summed E-state index contributed by atoms with van der Waals surface area (Å²) in [7, 11) is 1.67. The molecule has 0 spiro atoms. The maximum Gasteiger partial charge on any atom is 0.150 e. The zero-order valence-corrected chi connectivity index (χ0v) is 20.7. The fourth-order valence-electron chi connectivity index (χ4n) is 3.59. The highest BCUT2D eigenvalue weighted by Crippen LogP contribution is 2.35. The maximum atomic E-state index is 6.16. The standard InChI is InChI=1S/C25H29N3O2.C3H4N2/c1-5-15-25(2,3)30-20-13-14-21(23(17-20)29-4)18-9-11-19(12-10-18)28-24(26)22-8-6-7-16-27-22;1-2-5-3-4-1/h6-14,16-17H,5,15H2,1-4H3,(H2,26,28);1-3H,(H,4,5). The molecular formula is C28H33N5O2. The van der Waals surface area contributed by atoms with E-state index in [4.69, 9.17) is 15.2 Å². The van der Waals surface area contributed by atoms with E-state index in [-0.39, 0.29) is 5.60 Å². The monoisotopic (exact) mass is 471 g/mol. The number of hydrogen-bond acceptors (Lipinski definition) is 5. The van der Waals surface area contributed by atoms with Gasteiger partial charge in [0.05, 0.1) is 19.1 Å². The average Bonchev–Trinajstić information content (AvgIpc) is 3.45. The van der Waals surface area contributed by atoms with Gasteiger partial charge in [0.25, 0.3) is 0 Å². The molecule has 0 amide bonds. The van der Waals surface area contributed by atoms with Crippen molar-refractivity contribution in [2.24, 2.45) is 10.7 Å². The van der Waals surface area contributed by atoms with Crippen LogP contribution in [0, 0.1) is 0 Å². The number of nitrogens with two attached hydrogens (primary N) is 1. The third-order valence-corrected chi connectivity index (χ3v) is 5.18. The minimum absolute atomic E-state index is 0.214. The SMILES string of the molecule is CCCC(C)(C)Oc1ccc(-c2ccc(N=C(N)c3ccccn3)cc2)c(OC)c1.c1c[nH]cn1. The van der Waals surface area contributed by atoms with Gasteiger partial charge in [0.15, 0.2) is 0 Å². The number of benzene rings is 2. The fraction of sp³-hybridized carbons (Fsp3) is 0.250. The van der Waals surface area contributed by atoms with E-state index < -0.39 is 0 Å². The Morgan fingerprint density at radius 1 is 1.06 bits per heavy atom. The molecule has 35 heavy (non-hydrogen) atoms. The summed E-state index contributed by atoms with van der Waals surface area (Å²) >= 11 is 0. The van der Waals surface area contributed by atoms with Gasteiger partial charge in [-0.2, -0.15) is 0 Å². The average molecular weight is 472 g/mol. The molecule has 4 rings (SSSR count). The number of aliphatic imine (C=N–C) groups is 1. The number of amidine groups is 1. The van der Waals surface area contributed by atoms with Crippen LogP contribution in [0.25, 0.3) is 11.1 Å². The molecule has 0 fully saturated rings. The van der Waals surface area contributed by atoms with Crippen LogP contribution in [-0.4, -0.2) is 33.5 Å². The van der Waals surface area contributed by atoms with E-state index >= 15 is 0 Å². The Hall–Kier alpha value is -4.13. The molecule has 0 saturated heterocycles. The molecule has 7 heteroatoms. The van der Waals surface area contributed by atoms with E-state index in [1.54, 1.807) is 32.0 Å². The Labute approximate surface area is 207 Å². The van der Waals surface area contributed by atoms with Crippen LogP contribution in [0.4, 0.5) is 5.69 Å². The second-order valence-electron chi connectivity index (χ2n) is 8.49. The third-order valence-electron chi connectivity index (χ3n) is 5.18. The van der Waals surface area contributed by atoms with Crippen molar-refractivity contribution in [3.8, 4) is 22.6 Å². The predicted octanol–water partition coefficient (Wildman–Crippen LogP) is 6.16. The Bertz CT molecular complexity index is 1170. The number of H-pyrrole nitrogens is 1. The van der Waals surface area contributed by atoms with Gasteiger partial charge in [-0.05, 0) is 62.2 Å². The molecule has 0 radical (unpaired) electrons. The quantitative estimate of drug-likeness (QED) is 0.237. The highest BCUT2D eigenvalue weighted by molar-refractivity contribution is 5.97. The van der Waals surface area contributed by atoms with Gasteiger partial charge in [0.2, 0.25) is 0 Å². The van der Waals surface area contributed by atoms with E-state index in [1.807, 2.05) is 60.7 Å². The molecule has 4 aromatic rings. The van der Waals surface area contributed by atoms with Gasteiger partial charge < -0.3 is 20.2 Å². The van der Waals surface area contributed by atoms with Gasteiger partial charge in [-0.3, -0.25) is 4.98 Å². The smallest absolute Gasteiger partial charge is 0.150 e. The van der Waals surface area contributed by atoms with Crippen molar-refractivity contribution in [1.82, 2.24) is 15.0 Å². The van der Waals surface area contributed by atoms with Crippen LogP contribution in [0.15, 0.2) is 90.6 Å². The summed E-state index contributed by atoms with van der Waals surface area (Å²) in [6.07, 6.45) is 8.84. The van der Waals surface area contributed by atoms with Crippen molar-refractivity contribution in [2.45, 2.75) is 39.2 Å². The van der Waals surface area contributed by atoms with Crippen LogP contribution >= 0.6 is 0 Å². The van der Waals surface area contributed by atoms with E-state index in [1.165, 1.54) is 0 Å². The van der Waals surface area contributed by atoms with E-state index in [9.17, 15) is 0 Å². The zero-order valence-electron chi connectivity index (χ0n) is 20.7. The number of imidazole rings is 1. The highest BCUT2D eigenvalue weighted by Gasteiger charge is 2.19. The summed E-state index contributed by atoms with van der Waals surface area (Å²) in [5.74, 6) is 1.96. The first-order chi connectivity index (χ1) is 16.9. The Morgan fingerprint density at radius 2 is 1.86 bits per heavy atom. The molecule has 0 aliphatic rings. The van der Waals surface area contributed by atoms with Gasteiger partial charge in [0.1, 0.15) is 28.6 Å². The molecule has 0 aliphatic heterocycles. The van der Waals surface area contributed by atoms with Crippen LogP contribution in [0.5, 0.6) is 11.5 Å². The van der Waals surface area contributed by atoms with Gasteiger partial charge >= 0.3 is 0 Å². The highest BCUT2D eigenvalue weighted by atomic mass is 16.5. The normalized spacial score (nSPS) is 11.4. The van der Waals surface area contributed by atoms with Gasteiger partial charge in [-0.25, -0.2) is 9.98 Å². The lowest BCUT2D eigenvalue weighted by Crippen LogP contribution is -2.27. The molecule has 2 aromatic heterocycles. The van der Waals surface area contributed by atoms with Crippen LogP contribution in [0.1, 0.15) is 39.3 Å². The van der Waals surface area contributed by atoms with Gasteiger partial charge in [0, 0.05) is 30.2 Å². The summed E-state index contributed by atoms with van der Waals surface area (Å²) in [5.41, 5.74) is 9.29. The number of hydrogen-bond donors (Lipinski definition) is 2. The summed E-state index contributed by atoms with van der Waals surface area (Å²) in [6, 6.07) is 19.4. The second kappa shape index (κ2) is 12.4. The predicted molar refractivity (Wildman–Crippen MR) is 141 cm³/mol. The topological polar surface area (TPSA) is 98.4 Å². The Morgan fingerprint density at radius 3 is 2.43 bits per heavy atom. The Balaban J connectivity index is 0.000000607. The van der Waals surface area contributed by atoms with Crippen LogP contribution in [0.2, 0.25) is 0 Å². The molecule has 0 aliphatic carbocycles. The number of methoxy groups -OCH3 is 1. The molecule has 2 aromatic carbocycles. The first-order valence-corrected chi connectivity index (χ1v) is 11.6. The summed E-state index contributed by atoms with van der Waals surface area (Å²) in [4.78, 5) is 15.1. The lowest BCUT2D eigenvalue weighted by atomic mass is 10.0. The number of nitrogens with one attached hydrogen (secondary N) is 1. The van der Waals surface area contributed by atoms with E-state index in [0.717, 1.165) is 41.2 Å². The van der Waals surface area contributed by atoms with Crippen molar-refractivity contribution in [3.63, 3.8) is 0 Å². The molecule has 2 heterocycles. The number of aromatic amines is 1. The third kappa shape index (κ3) is 7.71. The van der Waals surface area contributed by atoms with Crippen molar-refractivity contribution in [2.75, 3.05) is 7.11 Å². The molecule has 0 saturated carbocycles. The fourth-order valence-corrected chi connectivity index (χ4v) is 3.59. The Kier molecular flexibility index (Phi) is 9.01. The number of ether oxygens (including phenoxy) is 2. The van der Waals surface area contributed by atoms with Crippen molar-refractivity contribution < 1.29 is 9.47 Å². The second-order valence-corrected chi connectivity index (χ2v) is 8.49. The van der Waals surface area contributed by atoms with Crippen molar-refractivity contribution in [1.29, 1.82) is 0 Å². The number of nitrogens with zero attached hydrogens (tertiary/aromatic N) is 3. The first-order valence-electron chi connectivity index (χ1n) is 11.6. The molecular weight excluding hydrogens is 438 g/mol. The molecule has 0 unspecified atom stereocenters. The van der Waals surface area contributed by atoms with Crippen molar-refractivity contribution in [3.05, 3.63) is 91.3 Å². The number of pyridine rings is 1. The van der Waals surface area contributed by atoms with E-state index in [0.29, 0.717) is 11.5 Å². The maximum absolute atomic E-state index is 6.16. The molecule has 182 valence electrons. The summed E-state index contributed by atoms with van der Waals surface area (Å²) in [6.45, 7) is 6.37. The van der Waals surface area contributed by atoms with E-state index in [2.05, 4.69) is 40.7 Å². The number of aromatic nitrogens is 3. The lowest BCUT2D eigenvalue weighted by molar-refractivity contribution is 0.0983. The van der Waals surface area contributed by atoms with Gasteiger partial charge in [-0.15, -0.1) is 0 Å². The number of rotatable bonds is 8. The zero-order chi connectivity index (χ0) is 25.1. The lowest BCUT2D eigenvalue weighted by Gasteiger charge is -2.26. The molecule has 3 N–H and O–H groups in total. The summed E-state index contributed by atoms with van der Waals surface area (Å²) < 4.78 is 11.8. The molecule has 0 bridgehead atoms. The largest absolute Gasteiger partial charge is 0.496 e.